The molecule has 1 rings (SSSR count). The largest absolute Gasteiger partial charge is 0.480 e. The molecule has 8 nitrogen and oxygen atoms in total. The highest BCUT2D eigenvalue weighted by molar-refractivity contribution is 5.80. The molecule has 0 saturated carbocycles. The van der Waals surface area contributed by atoms with E-state index in [1.165, 1.54) is 24.3 Å². The Bertz CT molecular complexity index is 562. The number of carboxylic acid groups (broad SMARTS) is 1. The van der Waals surface area contributed by atoms with E-state index in [9.17, 15) is 19.7 Å². The average molecular weight is 310 g/mol. The van der Waals surface area contributed by atoms with Crippen molar-refractivity contribution in [1.29, 1.82) is 0 Å². The van der Waals surface area contributed by atoms with Gasteiger partial charge in [0.15, 0.2) is 0 Å². The summed E-state index contributed by atoms with van der Waals surface area (Å²) in [4.78, 5) is 32.8. The number of nitro groups is 1. The Morgan fingerprint density at radius 1 is 1.32 bits per heavy atom. The van der Waals surface area contributed by atoms with Crippen LogP contribution in [-0.2, 0) is 16.0 Å². The summed E-state index contributed by atoms with van der Waals surface area (Å²) in [6.45, 7) is 5.00. The summed E-state index contributed by atoms with van der Waals surface area (Å²) in [5.74, 6) is -1.22. The number of nitrogens with zero attached hydrogens (tertiary/aromatic N) is 1. The zero-order valence-electron chi connectivity index (χ0n) is 12.5. The van der Waals surface area contributed by atoms with Crippen LogP contribution in [0, 0.1) is 10.1 Å². The third kappa shape index (κ3) is 5.78. The molecular weight excluding hydrogens is 292 g/mol. The van der Waals surface area contributed by atoms with Crippen molar-refractivity contribution in [3.05, 3.63) is 39.9 Å². The van der Waals surface area contributed by atoms with E-state index in [1.807, 2.05) is 0 Å². The van der Waals surface area contributed by atoms with E-state index in [4.69, 9.17) is 9.84 Å². The number of carbonyl (C=O) groups is 2. The lowest BCUT2D eigenvalue weighted by Crippen LogP contribution is -2.44. The highest BCUT2D eigenvalue weighted by atomic mass is 16.6. The Morgan fingerprint density at radius 3 is 2.27 bits per heavy atom. The SMILES string of the molecule is CC(C)(C)OC(=O)N[C@H](Cc1ccc([N+](=O)[O-])cc1)C(=O)O. The molecule has 2 N–H and O–H groups in total. The summed E-state index contributed by atoms with van der Waals surface area (Å²) in [7, 11) is 0. The molecule has 0 aliphatic carbocycles. The second-order valence-electron chi connectivity index (χ2n) is 5.66. The standard InChI is InChI=1S/C14H18N2O6/c1-14(2,3)22-13(19)15-11(12(17)18)8-9-4-6-10(7-5-9)16(20)21/h4-7,11H,8H2,1-3H3,(H,15,19)(H,17,18)/t11-/m1/s1. The summed E-state index contributed by atoms with van der Waals surface area (Å²) in [5, 5.41) is 22.0. The first-order chi connectivity index (χ1) is 10.1. The van der Waals surface area contributed by atoms with Crippen molar-refractivity contribution < 1.29 is 24.4 Å². The first-order valence-electron chi connectivity index (χ1n) is 6.54. The van der Waals surface area contributed by atoms with Crippen LogP contribution in [0.4, 0.5) is 10.5 Å². The molecule has 1 aromatic carbocycles. The predicted molar refractivity (Wildman–Crippen MR) is 77.6 cm³/mol. The van der Waals surface area contributed by atoms with E-state index in [0.717, 1.165) is 0 Å². The molecule has 22 heavy (non-hydrogen) atoms. The fourth-order valence-corrected chi connectivity index (χ4v) is 1.64. The van der Waals surface area contributed by atoms with Gasteiger partial charge in [-0.05, 0) is 26.3 Å². The smallest absolute Gasteiger partial charge is 0.408 e. The monoisotopic (exact) mass is 310 g/mol. The topological polar surface area (TPSA) is 119 Å². The number of alkyl carbamates (subject to hydrolysis) is 1. The minimum atomic E-state index is -1.22. The maximum atomic E-state index is 11.6. The highest BCUT2D eigenvalue weighted by Crippen LogP contribution is 2.14. The Kier molecular flexibility index (Phi) is 5.44. The Hall–Kier alpha value is -2.64. The Morgan fingerprint density at radius 2 is 1.86 bits per heavy atom. The van der Waals surface area contributed by atoms with Gasteiger partial charge in [-0.1, -0.05) is 12.1 Å². The van der Waals surface area contributed by atoms with E-state index in [0.29, 0.717) is 5.56 Å². The van der Waals surface area contributed by atoms with Gasteiger partial charge in [-0.2, -0.15) is 0 Å². The maximum Gasteiger partial charge on any atom is 0.408 e. The summed E-state index contributed by atoms with van der Waals surface area (Å²) >= 11 is 0. The van der Waals surface area contributed by atoms with Crippen LogP contribution in [0.25, 0.3) is 0 Å². The van der Waals surface area contributed by atoms with Crippen LogP contribution in [0.3, 0.4) is 0 Å². The molecule has 0 saturated heterocycles. The van der Waals surface area contributed by atoms with Crippen molar-refractivity contribution in [2.45, 2.75) is 38.8 Å². The van der Waals surface area contributed by atoms with E-state index in [1.54, 1.807) is 20.8 Å². The second-order valence-corrected chi connectivity index (χ2v) is 5.66. The number of ether oxygens (including phenoxy) is 1. The van der Waals surface area contributed by atoms with Crippen LogP contribution in [0.5, 0.6) is 0 Å². The zero-order chi connectivity index (χ0) is 16.9. The lowest BCUT2D eigenvalue weighted by molar-refractivity contribution is -0.384. The van der Waals surface area contributed by atoms with E-state index in [-0.39, 0.29) is 12.1 Å². The van der Waals surface area contributed by atoms with Crippen molar-refractivity contribution in [2.24, 2.45) is 0 Å². The van der Waals surface area contributed by atoms with Gasteiger partial charge in [0.25, 0.3) is 5.69 Å². The molecule has 0 aliphatic rings. The quantitative estimate of drug-likeness (QED) is 0.635. The van der Waals surface area contributed by atoms with Crippen LogP contribution >= 0.6 is 0 Å². The zero-order valence-corrected chi connectivity index (χ0v) is 12.5. The summed E-state index contributed by atoms with van der Waals surface area (Å²) < 4.78 is 5.00. The molecule has 1 amide bonds. The minimum absolute atomic E-state index is 0.00737. The number of carbonyl (C=O) groups excluding carboxylic acids is 1. The van der Waals surface area contributed by atoms with Crippen LogP contribution in [-0.4, -0.2) is 33.7 Å². The number of nitro benzene ring substituents is 1. The molecule has 0 heterocycles. The number of carboxylic acids is 1. The van der Waals surface area contributed by atoms with Crippen molar-refractivity contribution in [3.8, 4) is 0 Å². The van der Waals surface area contributed by atoms with Crippen LogP contribution < -0.4 is 5.32 Å². The van der Waals surface area contributed by atoms with E-state index < -0.39 is 28.6 Å². The van der Waals surface area contributed by atoms with Gasteiger partial charge in [0, 0.05) is 18.6 Å². The van der Waals surface area contributed by atoms with Gasteiger partial charge in [0.05, 0.1) is 4.92 Å². The lowest BCUT2D eigenvalue weighted by Gasteiger charge is -2.22. The second kappa shape index (κ2) is 6.88. The lowest BCUT2D eigenvalue weighted by atomic mass is 10.1. The average Bonchev–Trinajstić information content (AvgIpc) is 2.36. The number of rotatable bonds is 5. The number of amides is 1. The van der Waals surface area contributed by atoms with Crippen LogP contribution in [0.1, 0.15) is 26.3 Å². The Balaban J connectivity index is 2.74. The molecule has 0 aliphatic heterocycles. The maximum absolute atomic E-state index is 11.6. The molecule has 0 bridgehead atoms. The molecule has 0 radical (unpaired) electrons. The molecule has 0 fully saturated rings. The first kappa shape index (κ1) is 17.4. The van der Waals surface area contributed by atoms with Crippen molar-refractivity contribution >= 4 is 17.7 Å². The summed E-state index contributed by atoms with van der Waals surface area (Å²) in [5.41, 5.74) is -0.273. The number of hydrogen-bond acceptors (Lipinski definition) is 5. The van der Waals surface area contributed by atoms with Gasteiger partial charge in [0.2, 0.25) is 0 Å². The molecule has 0 aromatic heterocycles. The van der Waals surface area contributed by atoms with Gasteiger partial charge < -0.3 is 15.2 Å². The fourth-order valence-electron chi connectivity index (χ4n) is 1.64. The normalized spacial score (nSPS) is 12.3. The number of non-ortho nitro benzene ring substituents is 1. The highest BCUT2D eigenvalue weighted by Gasteiger charge is 2.24. The van der Waals surface area contributed by atoms with Crippen molar-refractivity contribution in [3.63, 3.8) is 0 Å². The molecular formula is C14H18N2O6. The molecule has 0 unspecified atom stereocenters. The molecule has 120 valence electrons. The third-order valence-corrected chi connectivity index (χ3v) is 2.58. The number of nitrogens with one attached hydrogen (secondary N) is 1. The van der Waals surface area contributed by atoms with Crippen LogP contribution in [0.15, 0.2) is 24.3 Å². The third-order valence-electron chi connectivity index (χ3n) is 2.58. The van der Waals surface area contributed by atoms with Gasteiger partial charge >= 0.3 is 12.1 Å². The van der Waals surface area contributed by atoms with Gasteiger partial charge in [0.1, 0.15) is 11.6 Å². The first-order valence-corrected chi connectivity index (χ1v) is 6.54. The van der Waals surface area contributed by atoms with E-state index >= 15 is 0 Å². The number of hydrogen-bond donors (Lipinski definition) is 2. The fraction of sp³-hybridized carbons (Fsp3) is 0.429. The van der Waals surface area contributed by atoms with Gasteiger partial charge in [-0.15, -0.1) is 0 Å². The number of benzene rings is 1. The van der Waals surface area contributed by atoms with E-state index in [2.05, 4.69) is 5.32 Å². The Labute approximate surface area is 127 Å². The minimum Gasteiger partial charge on any atom is -0.480 e. The number of aliphatic carboxylic acids is 1. The van der Waals surface area contributed by atoms with Gasteiger partial charge in [-0.25, -0.2) is 9.59 Å². The van der Waals surface area contributed by atoms with Crippen molar-refractivity contribution in [2.75, 3.05) is 0 Å². The van der Waals surface area contributed by atoms with Gasteiger partial charge in [-0.3, -0.25) is 10.1 Å². The molecule has 1 aromatic rings. The summed E-state index contributed by atoms with van der Waals surface area (Å²) in [6, 6.07) is 4.27. The summed E-state index contributed by atoms with van der Waals surface area (Å²) in [6.07, 6.45) is -0.839. The van der Waals surface area contributed by atoms with Crippen molar-refractivity contribution in [1.82, 2.24) is 5.32 Å². The van der Waals surface area contributed by atoms with Crippen LogP contribution in [0.2, 0.25) is 0 Å². The molecule has 8 heteroatoms. The predicted octanol–water partition coefficient (Wildman–Crippen LogP) is 2.12. The molecule has 1 atom stereocenters. The molecule has 0 spiro atoms.